The van der Waals surface area contributed by atoms with E-state index in [0.717, 1.165) is 4.31 Å². The SMILES string of the molecule is COc1cccc(C(=O)NCCS(=O)(=O)N(C)C)c1. The van der Waals surface area contributed by atoms with E-state index in [4.69, 9.17) is 4.74 Å². The van der Waals surface area contributed by atoms with Crippen molar-refractivity contribution in [2.45, 2.75) is 0 Å². The van der Waals surface area contributed by atoms with Gasteiger partial charge < -0.3 is 10.1 Å². The lowest BCUT2D eigenvalue weighted by Crippen LogP contribution is -2.33. The Labute approximate surface area is 113 Å². The second kappa shape index (κ2) is 6.53. The van der Waals surface area contributed by atoms with Crippen molar-refractivity contribution in [1.29, 1.82) is 0 Å². The molecular formula is C12H18N2O4S. The molecule has 7 heteroatoms. The molecule has 0 bridgehead atoms. The fraction of sp³-hybridized carbons (Fsp3) is 0.417. The lowest BCUT2D eigenvalue weighted by molar-refractivity contribution is 0.0955. The van der Waals surface area contributed by atoms with Crippen molar-refractivity contribution in [3.8, 4) is 5.75 Å². The third-order valence-corrected chi connectivity index (χ3v) is 4.37. The largest absolute Gasteiger partial charge is 0.497 e. The first-order valence-corrected chi connectivity index (χ1v) is 7.30. The highest BCUT2D eigenvalue weighted by Gasteiger charge is 2.14. The van der Waals surface area contributed by atoms with Crippen molar-refractivity contribution in [3.05, 3.63) is 29.8 Å². The Morgan fingerprint density at radius 2 is 2.05 bits per heavy atom. The van der Waals surface area contributed by atoms with Crippen LogP contribution in [0.5, 0.6) is 5.75 Å². The molecule has 1 amide bonds. The minimum absolute atomic E-state index is 0.0660. The molecule has 0 fully saturated rings. The highest BCUT2D eigenvalue weighted by Crippen LogP contribution is 2.12. The number of sulfonamides is 1. The maximum Gasteiger partial charge on any atom is 0.251 e. The van der Waals surface area contributed by atoms with Gasteiger partial charge in [-0.25, -0.2) is 12.7 Å². The summed E-state index contributed by atoms with van der Waals surface area (Å²) in [5.74, 6) is 0.122. The highest BCUT2D eigenvalue weighted by molar-refractivity contribution is 7.89. The topological polar surface area (TPSA) is 75.7 Å². The molecule has 6 nitrogen and oxygen atoms in total. The van der Waals surface area contributed by atoms with Gasteiger partial charge in [0.15, 0.2) is 0 Å². The van der Waals surface area contributed by atoms with Crippen LogP contribution in [0.1, 0.15) is 10.4 Å². The molecule has 0 aliphatic heterocycles. The van der Waals surface area contributed by atoms with Crippen molar-refractivity contribution in [2.75, 3.05) is 33.5 Å². The summed E-state index contributed by atoms with van der Waals surface area (Å²) in [5.41, 5.74) is 0.432. The Morgan fingerprint density at radius 1 is 1.37 bits per heavy atom. The summed E-state index contributed by atoms with van der Waals surface area (Å²) in [6.45, 7) is 0.0660. The van der Waals surface area contributed by atoms with E-state index in [9.17, 15) is 13.2 Å². The van der Waals surface area contributed by atoms with Gasteiger partial charge in [-0.15, -0.1) is 0 Å². The van der Waals surface area contributed by atoms with Gasteiger partial charge in [-0.1, -0.05) is 6.07 Å². The molecule has 1 aromatic carbocycles. The smallest absolute Gasteiger partial charge is 0.251 e. The number of benzene rings is 1. The molecule has 0 unspecified atom stereocenters. The average molecular weight is 286 g/mol. The first kappa shape index (κ1) is 15.5. The van der Waals surface area contributed by atoms with E-state index in [0.29, 0.717) is 11.3 Å². The number of rotatable bonds is 6. The van der Waals surface area contributed by atoms with Gasteiger partial charge in [0.05, 0.1) is 12.9 Å². The van der Waals surface area contributed by atoms with Crippen LogP contribution >= 0.6 is 0 Å². The molecule has 1 rings (SSSR count). The van der Waals surface area contributed by atoms with Gasteiger partial charge in [-0.2, -0.15) is 0 Å². The summed E-state index contributed by atoms with van der Waals surface area (Å²) < 4.78 is 29.1. The Balaban J connectivity index is 2.56. The van der Waals surface area contributed by atoms with Crippen LogP contribution < -0.4 is 10.1 Å². The third kappa shape index (κ3) is 4.53. The Morgan fingerprint density at radius 3 is 2.63 bits per heavy atom. The molecule has 0 aromatic heterocycles. The van der Waals surface area contributed by atoms with Crippen LogP contribution in [0.2, 0.25) is 0 Å². The van der Waals surface area contributed by atoms with Gasteiger partial charge in [-0.3, -0.25) is 4.79 Å². The molecule has 0 atom stereocenters. The summed E-state index contributed by atoms with van der Waals surface area (Å²) in [6, 6.07) is 6.66. The van der Waals surface area contributed by atoms with E-state index in [2.05, 4.69) is 5.32 Å². The highest BCUT2D eigenvalue weighted by atomic mass is 32.2. The summed E-state index contributed by atoms with van der Waals surface area (Å²) in [6.07, 6.45) is 0. The van der Waals surface area contributed by atoms with E-state index < -0.39 is 10.0 Å². The molecule has 19 heavy (non-hydrogen) atoms. The third-order valence-electron chi connectivity index (χ3n) is 2.53. The minimum Gasteiger partial charge on any atom is -0.497 e. The molecular weight excluding hydrogens is 268 g/mol. The molecule has 0 aliphatic rings. The zero-order valence-corrected chi connectivity index (χ0v) is 12.0. The van der Waals surface area contributed by atoms with E-state index in [1.54, 1.807) is 24.3 Å². The van der Waals surface area contributed by atoms with Crippen LogP contribution in [0, 0.1) is 0 Å². The van der Waals surface area contributed by atoms with Crippen LogP contribution in [-0.4, -0.2) is 52.1 Å². The summed E-state index contributed by atoms with van der Waals surface area (Å²) in [4.78, 5) is 11.8. The van der Waals surface area contributed by atoms with E-state index in [1.165, 1.54) is 21.2 Å². The van der Waals surface area contributed by atoms with Gasteiger partial charge in [-0.05, 0) is 18.2 Å². The number of nitrogens with zero attached hydrogens (tertiary/aromatic N) is 1. The summed E-state index contributed by atoms with van der Waals surface area (Å²) in [5, 5.41) is 2.56. The number of hydrogen-bond donors (Lipinski definition) is 1. The Bertz CT molecular complexity index is 540. The molecule has 0 radical (unpaired) electrons. The molecule has 0 aliphatic carbocycles. The first-order chi connectivity index (χ1) is 8.86. The molecule has 0 saturated carbocycles. The van der Waals surface area contributed by atoms with Crippen molar-refractivity contribution >= 4 is 15.9 Å². The van der Waals surface area contributed by atoms with Crippen molar-refractivity contribution < 1.29 is 17.9 Å². The second-order valence-corrected chi connectivity index (χ2v) is 6.39. The molecule has 0 heterocycles. The van der Waals surface area contributed by atoms with Crippen LogP contribution in [0.15, 0.2) is 24.3 Å². The predicted molar refractivity (Wildman–Crippen MR) is 72.8 cm³/mol. The van der Waals surface area contributed by atoms with Crippen LogP contribution in [0.3, 0.4) is 0 Å². The lowest BCUT2D eigenvalue weighted by Gasteiger charge is -2.11. The minimum atomic E-state index is -3.29. The predicted octanol–water partition coefficient (Wildman–Crippen LogP) is 0.316. The second-order valence-electron chi connectivity index (χ2n) is 4.09. The number of hydrogen-bond acceptors (Lipinski definition) is 4. The zero-order valence-electron chi connectivity index (χ0n) is 11.2. The number of ether oxygens (including phenoxy) is 1. The maximum absolute atomic E-state index is 11.8. The number of amides is 1. The first-order valence-electron chi connectivity index (χ1n) is 5.69. The Kier molecular flexibility index (Phi) is 5.31. The standard InChI is InChI=1S/C12H18N2O4S/c1-14(2)19(16,17)8-7-13-12(15)10-5-4-6-11(9-10)18-3/h4-6,9H,7-8H2,1-3H3,(H,13,15). The van der Waals surface area contributed by atoms with Gasteiger partial charge in [0.25, 0.3) is 5.91 Å². The normalized spacial score (nSPS) is 11.4. The van der Waals surface area contributed by atoms with Crippen LogP contribution in [0.4, 0.5) is 0 Å². The molecule has 106 valence electrons. The fourth-order valence-corrected chi connectivity index (χ4v) is 2.07. The summed E-state index contributed by atoms with van der Waals surface area (Å²) >= 11 is 0. The maximum atomic E-state index is 11.8. The number of methoxy groups -OCH3 is 1. The van der Waals surface area contributed by atoms with Crippen molar-refractivity contribution in [1.82, 2.24) is 9.62 Å². The van der Waals surface area contributed by atoms with Crippen LogP contribution in [0.25, 0.3) is 0 Å². The van der Waals surface area contributed by atoms with Gasteiger partial charge >= 0.3 is 0 Å². The Hall–Kier alpha value is -1.60. The molecule has 1 N–H and O–H groups in total. The van der Waals surface area contributed by atoms with Crippen LogP contribution in [-0.2, 0) is 10.0 Å². The van der Waals surface area contributed by atoms with Gasteiger partial charge in [0.2, 0.25) is 10.0 Å². The van der Waals surface area contributed by atoms with Crippen molar-refractivity contribution in [2.24, 2.45) is 0 Å². The average Bonchev–Trinajstić information content (AvgIpc) is 2.38. The molecule has 0 spiro atoms. The van der Waals surface area contributed by atoms with Gasteiger partial charge in [0, 0.05) is 26.2 Å². The lowest BCUT2D eigenvalue weighted by atomic mass is 10.2. The van der Waals surface area contributed by atoms with E-state index >= 15 is 0 Å². The number of carbonyl (C=O) groups is 1. The van der Waals surface area contributed by atoms with E-state index in [-0.39, 0.29) is 18.2 Å². The molecule has 0 saturated heterocycles. The quantitative estimate of drug-likeness (QED) is 0.817. The van der Waals surface area contributed by atoms with Gasteiger partial charge in [0.1, 0.15) is 5.75 Å². The zero-order chi connectivity index (χ0) is 14.5. The summed E-state index contributed by atoms with van der Waals surface area (Å²) in [7, 11) is 1.13. The fourth-order valence-electron chi connectivity index (χ4n) is 1.34. The van der Waals surface area contributed by atoms with Crippen molar-refractivity contribution in [3.63, 3.8) is 0 Å². The van der Waals surface area contributed by atoms with E-state index in [1.807, 2.05) is 0 Å². The number of nitrogens with one attached hydrogen (secondary N) is 1. The molecule has 1 aromatic rings. The monoisotopic (exact) mass is 286 g/mol. The number of carbonyl (C=O) groups excluding carboxylic acids is 1.